The van der Waals surface area contributed by atoms with Crippen LogP contribution in [0.5, 0.6) is 0 Å². The van der Waals surface area contributed by atoms with E-state index in [2.05, 4.69) is 44.2 Å². The van der Waals surface area contributed by atoms with Crippen LogP contribution in [0.15, 0.2) is 42.5 Å². The molecule has 0 heterocycles. The molecule has 2 rings (SSSR count). The van der Waals surface area contributed by atoms with Crippen molar-refractivity contribution >= 4 is 5.69 Å². The van der Waals surface area contributed by atoms with Crippen LogP contribution >= 0.6 is 0 Å². The standard InChI is InChI=1S/C16H19N/c1-3-14-9-10-16(17)15(12(14)2)11-13-7-5-4-6-8-13/h4-10H,3,11,17H2,1-2H3. The molecule has 0 aromatic heterocycles. The lowest BCUT2D eigenvalue weighted by atomic mass is 9.94. The van der Waals surface area contributed by atoms with E-state index in [9.17, 15) is 0 Å². The first-order valence-electron chi connectivity index (χ1n) is 6.13. The molecule has 0 radical (unpaired) electrons. The molecule has 0 bridgehead atoms. The van der Waals surface area contributed by atoms with E-state index in [0.29, 0.717) is 0 Å². The van der Waals surface area contributed by atoms with Crippen molar-refractivity contribution in [1.82, 2.24) is 0 Å². The van der Waals surface area contributed by atoms with Gasteiger partial charge in [0.1, 0.15) is 0 Å². The number of benzene rings is 2. The highest BCUT2D eigenvalue weighted by Crippen LogP contribution is 2.24. The van der Waals surface area contributed by atoms with Gasteiger partial charge in [0.05, 0.1) is 0 Å². The van der Waals surface area contributed by atoms with Gasteiger partial charge in [-0.15, -0.1) is 0 Å². The molecule has 0 saturated heterocycles. The summed E-state index contributed by atoms with van der Waals surface area (Å²) in [5.41, 5.74) is 12.3. The van der Waals surface area contributed by atoms with Gasteiger partial charge >= 0.3 is 0 Å². The summed E-state index contributed by atoms with van der Waals surface area (Å²) in [4.78, 5) is 0. The van der Waals surface area contributed by atoms with Gasteiger partial charge in [-0.1, -0.05) is 43.3 Å². The van der Waals surface area contributed by atoms with Crippen molar-refractivity contribution < 1.29 is 0 Å². The van der Waals surface area contributed by atoms with Crippen molar-refractivity contribution in [1.29, 1.82) is 0 Å². The van der Waals surface area contributed by atoms with Crippen LogP contribution in [0.1, 0.15) is 29.2 Å². The third kappa shape index (κ3) is 2.50. The van der Waals surface area contributed by atoms with Crippen LogP contribution in [0.3, 0.4) is 0 Å². The van der Waals surface area contributed by atoms with E-state index in [4.69, 9.17) is 5.73 Å². The summed E-state index contributed by atoms with van der Waals surface area (Å²) in [7, 11) is 0. The van der Waals surface area contributed by atoms with Crippen LogP contribution in [-0.4, -0.2) is 0 Å². The molecule has 0 unspecified atom stereocenters. The second kappa shape index (κ2) is 5.05. The van der Waals surface area contributed by atoms with E-state index < -0.39 is 0 Å². The van der Waals surface area contributed by atoms with Gasteiger partial charge in [-0.05, 0) is 48.1 Å². The highest BCUT2D eigenvalue weighted by Gasteiger charge is 2.07. The maximum atomic E-state index is 6.09. The molecule has 2 aromatic carbocycles. The van der Waals surface area contributed by atoms with Gasteiger partial charge in [-0.2, -0.15) is 0 Å². The Hall–Kier alpha value is -1.76. The van der Waals surface area contributed by atoms with Crippen LogP contribution in [0, 0.1) is 6.92 Å². The number of rotatable bonds is 3. The minimum atomic E-state index is 0.906. The summed E-state index contributed by atoms with van der Waals surface area (Å²) in [6.07, 6.45) is 1.99. The van der Waals surface area contributed by atoms with Crippen LogP contribution < -0.4 is 5.73 Å². The van der Waals surface area contributed by atoms with E-state index in [1.54, 1.807) is 0 Å². The maximum Gasteiger partial charge on any atom is 0.0352 e. The molecule has 1 nitrogen and oxygen atoms in total. The second-order valence-corrected chi connectivity index (χ2v) is 4.43. The Kier molecular flexibility index (Phi) is 3.48. The van der Waals surface area contributed by atoms with Gasteiger partial charge in [0.15, 0.2) is 0 Å². The fourth-order valence-corrected chi connectivity index (χ4v) is 2.24. The SMILES string of the molecule is CCc1ccc(N)c(Cc2ccccc2)c1C. The van der Waals surface area contributed by atoms with Crippen molar-refractivity contribution in [3.63, 3.8) is 0 Å². The molecule has 0 spiro atoms. The molecule has 1 heteroatoms. The summed E-state index contributed by atoms with van der Waals surface area (Å²) < 4.78 is 0. The summed E-state index contributed by atoms with van der Waals surface area (Å²) in [6.45, 7) is 4.36. The first-order chi connectivity index (χ1) is 8.22. The fourth-order valence-electron chi connectivity index (χ4n) is 2.24. The lowest BCUT2D eigenvalue weighted by molar-refractivity contribution is 1.07. The Bertz CT molecular complexity index is 500. The average Bonchev–Trinajstić information content (AvgIpc) is 2.36. The third-order valence-corrected chi connectivity index (χ3v) is 3.35. The monoisotopic (exact) mass is 225 g/mol. The maximum absolute atomic E-state index is 6.09. The van der Waals surface area contributed by atoms with Crippen molar-refractivity contribution in [2.24, 2.45) is 0 Å². The largest absolute Gasteiger partial charge is 0.398 e. The molecule has 0 aliphatic carbocycles. The van der Waals surface area contributed by atoms with E-state index in [1.807, 2.05) is 12.1 Å². The number of nitrogens with two attached hydrogens (primary N) is 1. The normalized spacial score (nSPS) is 10.5. The lowest BCUT2D eigenvalue weighted by Gasteiger charge is -2.13. The molecule has 0 aliphatic heterocycles. The van der Waals surface area contributed by atoms with Gasteiger partial charge in [0.2, 0.25) is 0 Å². The molecular formula is C16H19N. The minimum Gasteiger partial charge on any atom is -0.398 e. The number of hydrogen-bond acceptors (Lipinski definition) is 1. The second-order valence-electron chi connectivity index (χ2n) is 4.43. The summed E-state index contributed by atoms with van der Waals surface area (Å²) in [5, 5.41) is 0. The molecule has 0 saturated carbocycles. The molecule has 88 valence electrons. The number of aryl methyl sites for hydroxylation is 1. The van der Waals surface area contributed by atoms with Crippen molar-refractivity contribution in [2.75, 3.05) is 5.73 Å². The van der Waals surface area contributed by atoms with Gasteiger partial charge in [0.25, 0.3) is 0 Å². The van der Waals surface area contributed by atoms with E-state index in [1.165, 1.54) is 22.3 Å². The van der Waals surface area contributed by atoms with Crippen LogP contribution in [0.2, 0.25) is 0 Å². The summed E-state index contributed by atoms with van der Waals surface area (Å²) in [6, 6.07) is 14.7. The van der Waals surface area contributed by atoms with Gasteiger partial charge in [-0.25, -0.2) is 0 Å². The molecule has 0 fully saturated rings. The molecule has 17 heavy (non-hydrogen) atoms. The van der Waals surface area contributed by atoms with Crippen LogP contribution in [0.4, 0.5) is 5.69 Å². The number of hydrogen-bond donors (Lipinski definition) is 1. The zero-order valence-electron chi connectivity index (χ0n) is 10.5. The summed E-state index contributed by atoms with van der Waals surface area (Å²) in [5.74, 6) is 0. The number of nitrogen functional groups attached to an aromatic ring is 1. The van der Waals surface area contributed by atoms with Gasteiger partial charge in [-0.3, -0.25) is 0 Å². The lowest BCUT2D eigenvalue weighted by Crippen LogP contribution is -2.01. The Morgan fingerprint density at radius 3 is 2.35 bits per heavy atom. The molecule has 0 aliphatic rings. The van der Waals surface area contributed by atoms with Gasteiger partial charge in [0, 0.05) is 5.69 Å². The average molecular weight is 225 g/mol. The highest BCUT2D eigenvalue weighted by molar-refractivity contribution is 5.55. The van der Waals surface area contributed by atoms with Crippen LogP contribution in [-0.2, 0) is 12.8 Å². The molecule has 2 N–H and O–H groups in total. The topological polar surface area (TPSA) is 26.0 Å². The first kappa shape index (κ1) is 11.7. The minimum absolute atomic E-state index is 0.906. The third-order valence-electron chi connectivity index (χ3n) is 3.35. The van der Waals surface area contributed by atoms with E-state index in [0.717, 1.165) is 18.5 Å². The Morgan fingerprint density at radius 1 is 1.00 bits per heavy atom. The van der Waals surface area contributed by atoms with E-state index in [-0.39, 0.29) is 0 Å². The smallest absolute Gasteiger partial charge is 0.0352 e. The number of anilines is 1. The van der Waals surface area contributed by atoms with Crippen molar-refractivity contribution in [2.45, 2.75) is 26.7 Å². The van der Waals surface area contributed by atoms with Crippen molar-refractivity contribution in [3.05, 3.63) is 64.7 Å². The van der Waals surface area contributed by atoms with E-state index >= 15 is 0 Å². The fraction of sp³-hybridized carbons (Fsp3) is 0.250. The molecule has 0 atom stereocenters. The van der Waals surface area contributed by atoms with Crippen LogP contribution in [0.25, 0.3) is 0 Å². The predicted octanol–water partition coefficient (Wildman–Crippen LogP) is 3.73. The first-order valence-corrected chi connectivity index (χ1v) is 6.13. The van der Waals surface area contributed by atoms with Gasteiger partial charge < -0.3 is 5.73 Å². The zero-order valence-corrected chi connectivity index (χ0v) is 10.5. The zero-order chi connectivity index (χ0) is 12.3. The highest BCUT2D eigenvalue weighted by atomic mass is 14.6. The Balaban J connectivity index is 2.38. The molecular weight excluding hydrogens is 206 g/mol. The predicted molar refractivity (Wildman–Crippen MR) is 74.2 cm³/mol. The summed E-state index contributed by atoms with van der Waals surface area (Å²) >= 11 is 0. The Labute approximate surface area is 103 Å². The molecule has 2 aromatic rings. The molecule has 0 amide bonds. The quantitative estimate of drug-likeness (QED) is 0.791. The Morgan fingerprint density at radius 2 is 1.71 bits per heavy atom. The van der Waals surface area contributed by atoms with Crippen molar-refractivity contribution in [3.8, 4) is 0 Å².